The molecule has 0 radical (unpaired) electrons. The van der Waals surface area contributed by atoms with Crippen LogP contribution in [0.25, 0.3) is 11.6 Å². The standard InChI is InChI=1S/C17H16O2/c1-17(12-18)15(11-13-7-3-2-4-8-13)14-9-5-6-10-16(14)19-17/h2-11,18H,12H2,1H3/b15-11-/t17-/m1/s1. The zero-order valence-corrected chi connectivity index (χ0v) is 10.8. The quantitative estimate of drug-likeness (QED) is 0.888. The van der Waals surface area contributed by atoms with Crippen molar-refractivity contribution in [3.8, 4) is 5.75 Å². The second-order valence-electron chi connectivity index (χ2n) is 4.96. The van der Waals surface area contributed by atoms with E-state index in [4.69, 9.17) is 4.74 Å². The highest BCUT2D eigenvalue weighted by Gasteiger charge is 2.39. The van der Waals surface area contributed by atoms with Crippen molar-refractivity contribution in [1.82, 2.24) is 0 Å². The van der Waals surface area contributed by atoms with Gasteiger partial charge in [0, 0.05) is 11.1 Å². The van der Waals surface area contributed by atoms with Crippen molar-refractivity contribution in [2.75, 3.05) is 6.61 Å². The molecule has 0 unspecified atom stereocenters. The molecule has 2 heteroatoms. The summed E-state index contributed by atoms with van der Waals surface area (Å²) in [7, 11) is 0. The third kappa shape index (κ3) is 2.04. The summed E-state index contributed by atoms with van der Waals surface area (Å²) >= 11 is 0. The molecule has 2 aromatic rings. The Morgan fingerprint density at radius 2 is 1.74 bits per heavy atom. The molecule has 1 atom stereocenters. The Kier molecular flexibility index (Phi) is 2.88. The number of benzene rings is 2. The van der Waals surface area contributed by atoms with Crippen molar-refractivity contribution in [3.63, 3.8) is 0 Å². The first kappa shape index (κ1) is 12.0. The molecule has 2 nitrogen and oxygen atoms in total. The maximum absolute atomic E-state index is 9.68. The van der Waals surface area contributed by atoms with E-state index >= 15 is 0 Å². The molecule has 0 saturated heterocycles. The molecule has 96 valence electrons. The van der Waals surface area contributed by atoms with Crippen LogP contribution < -0.4 is 4.74 Å². The SMILES string of the molecule is C[C@]1(CO)Oc2ccccc2/C1=C/c1ccccc1. The number of rotatable bonds is 2. The van der Waals surface area contributed by atoms with Gasteiger partial charge >= 0.3 is 0 Å². The Morgan fingerprint density at radius 1 is 1.05 bits per heavy atom. The number of para-hydroxylation sites is 1. The molecule has 2 aromatic carbocycles. The second kappa shape index (κ2) is 4.56. The van der Waals surface area contributed by atoms with Crippen LogP contribution in [0.15, 0.2) is 54.6 Å². The van der Waals surface area contributed by atoms with Crippen molar-refractivity contribution in [2.45, 2.75) is 12.5 Å². The van der Waals surface area contributed by atoms with Gasteiger partial charge < -0.3 is 9.84 Å². The lowest BCUT2D eigenvalue weighted by molar-refractivity contribution is 0.0858. The normalized spacial score (nSPS) is 23.2. The van der Waals surface area contributed by atoms with Crippen LogP contribution in [0.4, 0.5) is 0 Å². The lowest BCUT2D eigenvalue weighted by Crippen LogP contribution is -2.33. The van der Waals surface area contributed by atoms with Crippen molar-refractivity contribution >= 4 is 11.6 Å². The highest BCUT2D eigenvalue weighted by molar-refractivity contribution is 5.90. The predicted octanol–water partition coefficient (Wildman–Crippen LogP) is 3.37. The number of hydrogen-bond donors (Lipinski definition) is 1. The molecule has 0 bridgehead atoms. The number of ether oxygens (including phenoxy) is 1. The topological polar surface area (TPSA) is 29.5 Å². The smallest absolute Gasteiger partial charge is 0.155 e. The highest BCUT2D eigenvalue weighted by atomic mass is 16.5. The number of aliphatic hydroxyl groups is 1. The lowest BCUT2D eigenvalue weighted by atomic mass is 9.91. The minimum absolute atomic E-state index is 0.0413. The fraction of sp³-hybridized carbons (Fsp3) is 0.176. The summed E-state index contributed by atoms with van der Waals surface area (Å²) in [4.78, 5) is 0. The molecule has 0 saturated carbocycles. The van der Waals surface area contributed by atoms with Crippen LogP contribution in [-0.2, 0) is 0 Å². The third-order valence-corrected chi connectivity index (χ3v) is 3.49. The van der Waals surface area contributed by atoms with E-state index in [9.17, 15) is 5.11 Å². The van der Waals surface area contributed by atoms with E-state index in [1.54, 1.807) is 0 Å². The molecular formula is C17H16O2. The third-order valence-electron chi connectivity index (χ3n) is 3.49. The van der Waals surface area contributed by atoms with Crippen LogP contribution in [0, 0.1) is 0 Å². The van der Waals surface area contributed by atoms with Gasteiger partial charge in [0.2, 0.25) is 0 Å². The average Bonchev–Trinajstić information content (AvgIpc) is 2.74. The Balaban J connectivity index is 2.14. The maximum Gasteiger partial charge on any atom is 0.155 e. The van der Waals surface area contributed by atoms with Gasteiger partial charge in [0.1, 0.15) is 5.75 Å². The molecule has 1 aliphatic rings. The molecule has 1 heterocycles. The number of aliphatic hydroxyl groups excluding tert-OH is 1. The summed E-state index contributed by atoms with van der Waals surface area (Å²) in [5, 5.41) is 9.68. The van der Waals surface area contributed by atoms with E-state index in [-0.39, 0.29) is 6.61 Å². The van der Waals surface area contributed by atoms with Gasteiger partial charge in [-0.2, -0.15) is 0 Å². The maximum atomic E-state index is 9.68. The minimum atomic E-state index is -0.667. The summed E-state index contributed by atoms with van der Waals surface area (Å²) < 4.78 is 5.91. The van der Waals surface area contributed by atoms with E-state index in [1.807, 2.05) is 61.5 Å². The fourth-order valence-electron chi connectivity index (χ4n) is 2.42. The lowest BCUT2D eigenvalue weighted by Gasteiger charge is -2.23. The monoisotopic (exact) mass is 252 g/mol. The summed E-state index contributed by atoms with van der Waals surface area (Å²) in [5.41, 5.74) is 2.52. The molecule has 0 aromatic heterocycles. The zero-order valence-electron chi connectivity index (χ0n) is 10.8. The van der Waals surface area contributed by atoms with E-state index < -0.39 is 5.60 Å². The molecule has 0 fully saturated rings. The van der Waals surface area contributed by atoms with Crippen LogP contribution in [-0.4, -0.2) is 17.3 Å². The first-order valence-corrected chi connectivity index (χ1v) is 6.39. The summed E-state index contributed by atoms with van der Waals surface area (Å²) in [6, 6.07) is 18.0. The van der Waals surface area contributed by atoms with Crippen molar-refractivity contribution in [1.29, 1.82) is 0 Å². The molecule has 0 amide bonds. The molecule has 1 N–H and O–H groups in total. The summed E-state index contributed by atoms with van der Waals surface area (Å²) in [5.74, 6) is 0.834. The Morgan fingerprint density at radius 3 is 2.47 bits per heavy atom. The van der Waals surface area contributed by atoms with Crippen molar-refractivity contribution in [2.24, 2.45) is 0 Å². The van der Waals surface area contributed by atoms with Crippen LogP contribution in [0.5, 0.6) is 5.75 Å². The summed E-state index contributed by atoms with van der Waals surface area (Å²) in [6.07, 6.45) is 2.09. The van der Waals surface area contributed by atoms with Gasteiger partial charge in [-0.15, -0.1) is 0 Å². The Hall–Kier alpha value is -2.06. The highest BCUT2D eigenvalue weighted by Crippen LogP contribution is 2.44. The Bertz CT molecular complexity index is 616. The van der Waals surface area contributed by atoms with E-state index in [0.29, 0.717) is 0 Å². The van der Waals surface area contributed by atoms with E-state index in [0.717, 1.165) is 22.4 Å². The minimum Gasteiger partial charge on any atom is -0.480 e. The van der Waals surface area contributed by atoms with Gasteiger partial charge in [0.25, 0.3) is 0 Å². The van der Waals surface area contributed by atoms with Gasteiger partial charge in [0.05, 0.1) is 6.61 Å². The predicted molar refractivity (Wildman–Crippen MR) is 76.9 cm³/mol. The first-order chi connectivity index (χ1) is 9.23. The largest absolute Gasteiger partial charge is 0.480 e. The van der Waals surface area contributed by atoms with E-state index in [2.05, 4.69) is 6.08 Å². The fourth-order valence-corrected chi connectivity index (χ4v) is 2.42. The van der Waals surface area contributed by atoms with Crippen molar-refractivity contribution < 1.29 is 9.84 Å². The van der Waals surface area contributed by atoms with Gasteiger partial charge in [-0.25, -0.2) is 0 Å². The number of hydrogen-bond acceptors (Lipinski definition) is 2. The van der Waals surface area contributed by atoms with Gasteiger partial charge in [0.15, 0.2) is 5.60 Å². The molecular weight excluding hydrogens is 236 g/mol. The summed E-state index contributed by atoms with van der Waals surface area (Å²) in [6.45, 7) is 1.88. The van der Waals surface area contributed by atoms with Crippen LogP contribution in [0.1, 0.15) is 18.1 Å². The van der Waals surface area contributed by atoms with Crippen LogP contribution >= 0.6 is 0 Å². The number of fused-ring (bicyclic) bond motifs is 1. The van der Waals surface area contributed by atoms with Gasteiger partial charge in [-0.1, -0.05) is 48.5 Å². The molecule has 0 spiro atoms. The molecule has 19 heavy (non-hydrogen) atoms. The average molecular weight is 252 g/mol. The Labute approximate surface area is 113 Å². The van der Waals surface area contributed by atoms with Crippen LogP contribution in [0.3, 0.4) is 0 Å². The van der Waals surface area contributed by atoms with Crippen molar-refractivity contribution in [3.05, 3.63) is 65.7 Å². The molecule has 3 rings (SSSR count). The molecule has 0 aliphatic carbocycles. The second-order valence-corrected chi connectivity index (χ2v) is 4.96. The zero-order chi connectivity index (χ0) is 13.3. The van der Waals surface area contributed by atoms with Gasteiger partial charge in [-0.3, -0.25) is 0 Å². The van der Waals surface area contributed by atoms with Crippen LogP contribution in [0.2, 0.25) is 0 Å². The van der Waals surface area contributed by atoms with Gasteiger partial charge in [-0.05, 0) is 24.6 Å². The molecule has 1 aliphatic heterocycles. The van der Waals surface area contributed by atoms with E-state index in [1.165, 1.54) is 0 Å². The first-order valence-electron chi connectivity index (χ1n) is 6.39.